The van der Waals surface area contributed by atoms with Gasteiger partial charge in [-0.2, -0.15) is 0 Å². The summed E-state index contributed by atoms with van der Waals surface area (Å²) < 4.78 is 1.18. The highest BCUT2D eigenvalue weighted by atomic mass is 32.1. The van der Waals surface area contributed by atoms with E-state index in [0.717, 1.165) is 23.7 Å². The van der Waals surface area contributed by atoms with Crippen molar-refractivity contribution in [1.29, 1.82) is 0 Å². The van der Waals surface area contributed by atoms with Gasteiger partial charge < -0.3 is 15.1 Å². The summed E-state index contributed by atoms with van der Waals surface area (Å²) in [5.74, 6) is -0.236. The maximum Gasteiger partial charge on any atom is 0.261 e. The van der Waals surface area contributed by atoms with Gasteiger partial charge in [-0.3, -0.25) is 9.59 Å². The molecule has 3 aromatic rings. The molecule has 1 aromatic carbocycles. The molecule has 4 rings (SSSR count). The Labute approximate surface area is 159 Å². The predicted octanol–water partition coefficient (Wildman–Crippen LogP) is 2.44. The number of para-hydroxylation sites is 1. The zero-order valence-electron chi connectivity index (χ0n) is 14.1. The van der Waals surface area contributed by atoms with E-state index >= 15 is 0 Å². The lowest BCUT2D eigenvalue weighted by molar-refractivity contribution is -0.130. The molecule has 2 aromatic heterocycles. The number of anilines is 1. The normalized spacial score (nSPS) is 14.6. The van der Waals surface area contributed by atoms with E-state index in [-0.39, 0.29) is 18.4 Å². The molecule has 1 N–H and O–H groups in total. The molecule has 1 saturated heterocycles. The molecule has 1 fully saturated rings. The summed E-state index contributed by atoms with van der Waals surface area (Å²) in [6.07, 6.45) is 0. The first-order valence-corrected chi connectivity index (χ1v) is 10.1. The number of rotatable bonds is 4. The molecular weight excluding hydrogens is 368 g/mol. The van der Waals surface area contributed by atoms with Crippen LogP contribution in [-0.2, 0) is 4.79 Å². The highest BCUT2D eigenvalue weighted by Crippen LogP contribution is 2.29. The van der Waals surface area contributed by atoms with E-state index in [1.54, 1.807) is 22.3 Å². The summed E-state index contributed by atoms with van der Waals surface area (Å²) in [5, 5.41) is 5.55. The highest BCUT2D eigenvalue weighted by Gasteiger charge is 2.23. The van der Waals surface area contributed by atoms with Crippen LogP contribution in [-0.4, -0.2) is 54.4 Å². The fraction of sp³-hybridized carbons (Fsp3) is 0.278. The molecule has 1 aliphatic heterocycles. The predicted molar refractivity (Wildman–Crippen MR) is 105 cm³/mol. The zero-order valence-corrected chi connectivity index (χ0v) is 15.7. The van der Waals surface area contributed by atoms with E-state index in [1.807, 2.05) is 29.6 Å². The number of nitrogens with zero attached hydrogens (tertiary/aromatic N) is 3. The van der Waals surface area contributed by atoms with Crippen LogP contribution in [0, 0.1) is 0 Å². The third-order valence-electron chi connectivity index (χ3n) is 4.33. The standard InChI is InChI=1S/C18H18N4O2S2/c23-16(12-19-17(24)15-6-3-11-25-15)21-7-9-22(10-8-21)18-20-13-4-1-2-5-14(13)26-18/h1-6,11H,7-10,12H2,(H,19,24). The molecule has 0 radical (unpaired) electrons. The summed E-state index contributed by atoms with van der Waals surface area (Å²) in [4.78, 5) is 33.6. The number of carbonyl (C=O) groups excluding carboxylic acids is 2. The third-order valence-corrected chi connectivity index (χ3v) is 6.30. The van der Waals surface area contributed by atoms with Crippen molar-refractivity contribution in [1.82, 2.24) is 15.2 Å². The highest BCUT2D eigenvalue weighted by molar-refractivity contribution is 7.22. The van der Waals surface area contributed by atoms with Crippen LogP contribution in [0.2, 0.25) is 0 Å². The van der Waals surface area contributed by atoms with Gasteiger partial charge in [0.05, 0.1) is 21.6 Å². The van der Waals surface area contributed by atoms with Crippen molar-refractivity contribution in [3.05, 3.63) is 46.7 Å². The van der Waals surface area contributed by atoms with Crippen molar-refractivity contribution in [3.8, 4) is 0 Å². The van der Waals surface area contributed by atoms with Gasteiger partial charge in [0.15, 0.2) is 5.13 Å². The maximum atomic E-state index is 12.3. The topological polar surface area (TPSA) is 65.5 Å². The van der Waals surface area contributed by atoms with Gasteiger partial charge in [-0.05, 0) is 23.6 Å². The van der Waals surface area contributed by atoms with Gasteiger partial charge in [0, 0.05) is 26.2 Å². The fourth-order valence-electron chi connectivity index (χ4n) is 2.91. The number of thiazole rings is 1. The van der Waals surface area contributed by atoms with Crippen LogP contribution in [0.25, 0.3) is 10.2 Å². The first kappa shape index (κ1) is 17.0. The average molecular weight is 387 g/mol. The summed E-state index contributed by atoms with van der Waals surface area (Å²) in [6, 6.07) is 11.7. The number of fused-ring (bicyclic) bond motifs is 1. The van der Waals surface area contributed by atoms with Crippen LogP contribution in [0.1, 0.15) is 9.67 Å². The number of carbonyl (C=O) groups is 2. The maximum absolute atomic E-state index is 12.3. The molecule has 8 heteroatoms. The number of hydrogen-bond acceptors (Lipinski definition) is 6. The molecule has 0 saturated carbocycles. The number of hydrogen-bond donors (Lipinski definition) is 1. The van der Waals surface area contributed by atoms with Crippen molar-refractivity contribution in [2.24, 2.45) is 0 Å². The molecule has 0 unspecified atom stereocenters. The van der Waals surface area contributed by atoms with Crippen LogP contribution >= 0.6 is 22.7 Å². The minimum absolute atomic E-state index is 0.0396. The Morgan fingerprint density at radius 2 is 1.88 bits per heavy atom. The average Bonchev–Trinajstić information content (AvgIpc) is 3.35. The minimum Gasteiger partial charge on any atom is -0.345 e. The molecule has 2 amide bonds. The zero-order chi connectivity index (χ0) is 17.9. The molecule has 26 heavy (non-hydrogen) atoms. The Morgan fingerprint density at radius 1 is 1.08 bits per heavy atom. The molecule has 0 spiro atoms. The molecule has 0 bridgehead atoms. The number of benzene rings is 1. The van der Waals surface area contributed by atoms with Crippen LogP contribution in [0.15, 0.2) is 41.8 Å². The summed E-state index contributed by atoms with van der Waals surface area (Å²) in [6.45, 7) is 2.83. The largest absolute Gasteiger partial charge is 0.345 e. The second kappa shape index (κ2) is 7.43. The van der Waals surface area contributed by atoms with Crippen molar-refractivity contribution >= 4 is 49.8 Å². The second-order valence-corrected chi connectivity index (χ2v) is 7.95. The van der Waals surface area contributed by atoms with E-state index < -0.39 is 0 Å². The lowest BCUT2D eigenvalue weighted by atomic mass is 10.3. The van der Waals surface area contributed by atoms with Gasteiger partial charge in [-0.1, -0.05) is 29.5 Å². The Kier molecular flexibility index (Phi) is 4.85. The lowest BCUT2D eigenvalue weighted by Crippen LogP contribution is -2.51. The Hall–Kier alpha value is -2.45. The summed E-state index contributed by atoms with van der Waals surface area (Å²) in [7, 11) is 0. The van der Waals surface area contributed by atoms with Crippen molar-refractivity contribution in [2.45, 2.75) is 0 Å². The van der Waals surface area contributed by atoms with Gasteiger partial charge >= 0.3 is 0 Å². The fourth-order valence-corrected chi connectivity index (χ4v) is 4.56. The summed E-state index contributed by atoms with van der Waals surface area (Å²) >= 11 is 3.05. The van der Waals surface area contributed by atoms with E-state index in [1.165, 1.54) is 16.0 Å². The van der Waals surface area contributed by atoms with Crippen LogP contribution in [0.4, 0.5) is 5.13 Å². The Morgan fingerprint density at radius 3 is 2.62 bits per heavy atom. The number of piperazine rings is 1. The molecule has 0 atom stereocenters. The lowest BCUT2D eigenvalue weighted by Gasteiger charge is -2.34. The van der Waals surface area contributed by atoms with Gasteiger partial charge in [0.2, 0.25) is 5.91 Å². The van der Waals surface area contributed by atoms with Crippen LogP contribution in [0.3, 0.4) is 0 Å². The van der Waals surface area contributed by atoms with E-state index in [4.69, 9.17) is 0 Å². The smallest absolute Gasteiger partial charge is 0.261 e. The summed E-state index contributed by atoms with van der Waals surface area (Å²) in [5.41, 5.74) is 1.02. The Balaban J connectivity index is 1.30. The number of thiophene rings is 1. The number of aromatic nitrogens is 1. The molecule has 0 aliphatic carbocycles. The quantitative estimate of drug-likeness (QED) is 0.748. The van der Waals surface area contributed by atoms with Gasteiger partial charge in [-0.15, -0.1) is 11.3 Å². The minimum atomic E-state index is -0.193. The number of nitrogens with one attached hydrogen (secondary N) is 1. The first-order valence-electron chi connectivity index (χ1n) is 8.41. The van der Waals surface area contributed by atoms with Crippen LogP contribution < -0.4 is 10.2 Å². The van der Waals surface area contributed by atoms with E-state index in [9.17, 15) is 9.59 Å². The molecule has 3 heterocycles. The van der Waals surface area contributed by atoms with Crippen molar-refractivity contribution < 1.29 is 9.59 Å². The number of amides is 2. The second-order valence-electron chi connectivity index (χ2n) is 5.99. The van der Waals surface area contributed by atoms with Gasteiger partial charge in [0.25, 0.3) is 5.91 Å². The first-order chi connectivity index (χ1) is 12.7. The molecule has 6 nitrogen and oxygen atoms in total. The van der Waals surface area contributed by atoms with E-state index in [0.29, 0.717) is 18.0 Å². The molecule has 134 valence electrons. The van der Waals surface area contributed by atoms with Crippen molar-refractivity contribution in [2.75, 3.05) is 37.6 Å². The van der Waals surface area contributed by atoms with Gasteiger partial charge in [0.1, 0.15) is 0 Å². The Bertz CT molecular complexity index is 881. The monoisotopic (exact) mass is 386 g/mol. The molecule has 1 aliphatic rings. The van der Waals surface area contributed by atoms with Gasteiger partial charge in [-0.25, -0.2) is 4.98 Å². The molecular formula is C18H18N4O2S2. The van der Waals surface area contributed by atoms with Crippen LogP contribution in [0.5, 0.6) is 0 Å². The third kappa shape index (κ3) is 3.56. The van der Waals surface area contributed by atoms with Crippen molar-refractivity contribution in [3.63, 3.8) is 0 Å². The van der Waals surface area contributed by atoms with E-state index in [2.05, 4.69) is 21.3 Å². The SMILES string of the molecule is O=C(NCC(=O)N1CCN(c2nc3ccccc3s2)CC1)c1cccs1.